The van der Waals surface area contributed by atoms with Gasteiger partial charge in [0.1, 0.15) is 0 Å². The summed E-state index contributed by atoms with van der Waals surface area (Å²) >= 11 is 0. The first-order chi connectivity index (χ1) is 6.61. The van der Waals surface area contributed by atoms with Crippen molar-refractivity contribution in [2.75, 3.05) is 20.8 Å². The van der Waals surface area contributed by atoms with Gasteiger partial charge in [-0.15, -0.1) is 0 Å². The van der Waals surface area contributed by atoms with E-state index >= 15 is 0 Å². The topological polar surface area (TPSA) is 79.2 Å². The van der Waals surface area contributed by atoms with E-state index in [1.54, 1.807) is 0 Å². The first kappa shape index (κ1) is 10.6. The summed E-state index contributed by atoms with van der Waals surface area (Å²) in [5.41, 5.74) is 0.0639. The Morgan fingerprint density at radius 3 is 2.86 bits per heavy atom. The lowest BCUT2D eigenvalue weighted by Gasteiger charge is -2.07. The number of hydrazone groups is 1. The molecule has 0 aromatic carbocycles. The number of aliphatic hydroxyl groups is 1. The van der Waals surface area contributed by atoms with E-state index in [1.807, 2.05) is 0 Å². The maximum Gasteiger partial charge on any atom is 0.355 e. The van der Waals surface area contributed by atoms with Crippen molar-refractivity contribution >= 4 is 17.6 Å². The van der Waals surface area contributed by atoms with Gasteiger partial charge in [-0.05, 0) is 6.42 Å². The van der Waals surface area contributed by atoms with Crippen LogP contribution in [-0.4, -0.2) is 48.5 Å². The molecule has 1 amide bonds. The second-order valence-electron chi connectivity index (χ2n) is 2.90. The van der Waals surface area contributed by atoms with E-state index in [0.29, 0.717) is 0 Å². The van der Waals surface area contributed by atoms with Crippen LogP contribution in [0.5, 0.6) is 0 Å². The van der Waals surface area contributed by atoms with E-state index in [4.69, 9.17) is 5.11 Å². The number of ether oxygens (including phenoxy) is 1. The SMILES string of the molecule is COC(=O)C1=NN(C)C(=O)[C@@H]1CCO. The van der Waals surface area contributed by atoms with Crippen molar-refractivity contribution in [3.63, 3.8) is 0 Å². The maximum atomic E-state index is 11.4. The van der Waals surface area contributed by atoms with Gasteiger partial charge in [-0.25, -0.2) is 9.80 Å². The molecule has 0 saturated carbocycles. The number of carbonyl (C=O) groups excluding carboxylic acids is 2. The van der Waals surface area contributed by atoms with E-state index in [9.17, 15) is 9.59 Å². The van der Waals surface area contributed by atoms with Crippen LogP contribution in [0.3, 0.4) is 0 Å². The monoisotopic (exact) mass is 200 g/mol. The molecule has 0 bridgehead atoms. The molecule has 1 N–H and O–H groups in total. The summed E-state index contributed by atoms with van der Waals surface area (Å²) in [7, 11) is 2.69. The second-order valence-corrected chi connectivity index (χ2v) is 2.90. The van der Waals surface area contributed by atoms with Crippen LogP contribution in [0.25, 0.3) is 0 Å². The number of hydrogen-bond acceptors (Lipinski definition) is 5. The fraction of sp³-hybridized carbons (Fsp3) is 0.625. The summed E-state index contributed by atoms with van der Waals surface area (Å²) in [5, 5.41) is 13.6. The Morgan fingerprint density at radius 1 is 1.71 bits per heavy atom. The zero-order valence-electron chi connectivity index (χ0n) is 8.06. The molecule has 1 aliphatic heterocycles. The van der Waals surface area contributed by atoms with Gasteiger partial charge >= 0.3 is 5.97 Å². The third-order valence-electron chi connectivity index (χ3n) is 2.02. The molecule has 0 radical (unpaired) electrons. The summed E-state index contributed by atoms with van der Waals surface area (Å²) in [6.07, 6.45) is 0.192. The minimum atomic E-state index is -0.669. The quantitative estimate of drug-likeness (QED) is 0.592. The Balaban J connectivity index is 2.85. The van der Waals surface area contributed by atoms with Gasteiger partial charge in [0.25, 0.3) is 5.91 Å². The highest BCUT2D eigenvalue weighted by Crippen LogP contribution is 2.18. The molecule has 1 rings (SSSR count). The molecule has 1 atom stereocenters. The normalized spacial score (nSPS) is 21.1. The van der Waals surface area contributed by atoms with Crippen LogP contribution in [0.1, 0.15) is 6.42 Å². The van der Waals surface area contributed by atoms with Gasteiger partial charge in [-0.1, -0.05) is 0 Å². The Hall–Kier alpha value is -1.43. The van der Waals surface area contributed by atoms with Crippen LogP contribution >= 0.6 is 0 Å². The molecular weight excluding hydrogens is 188 g/mol. The van der Waals surface area contributed by atoms with Crippen LogP contribution in [0.15, 0.2) is 5.10 Å². The van der Waals surface area contributed by atoms with Crippen molar-refractivity contribution < 1.29 is 19.4 Å². The number of methoxy groups -OCH3 is 1. The standard InChI is InChI=1S/C8H12N2O4/c1-10-7(12)5(3-4-11)6(9-10)8(13)14-2/h5,11H,3-4H2,1-2H3/t5-/m1/s1. The van der Waals surface area contributed by atoms with Crippen molar-refractivity contribution in [1.82, 2.24) is 5.01 Å². The lowest BCUT2D eigenvalue weighted by molar-refractivity contribution is -0.134. The molecule has 1 aliphatic rings. The van der Waals surface area contributed by atoms with Crippen molar-refractivity contribution in [3.8, 4) is 0 Å². The predicted octanol–water partition coefficient (Wildman–Crippen LogP) is -1.01. The highest BCUT2D eigenvalue weighted by atomic mass is 16.5. The maximum absolute atomic E-state index is 11.4. The summed E-state index contributed by atoms with van der Waals surface area (Å²) in [6.45, 7) is -0.166. The zero-order chi connectivity index (χ0) is 10.7. The molecule has 0 fully saturated rings. The van der Waals surface area contributed by atoms with Gasteiger partial charge in [0.05, 0.1) is 13.0 Å². The number of esters is 1. The van der Waals surface area contributed by atoms with E-state index in [0.717, 1.165) is 5.01 Å². The lowest BCUT2D eigenvalue weighted by atomic mass is 10.00. The molecule has 1 heterocycles. The molecule has 0 spiro atoms. The number of rotatable bonds is 3. The van der Waals surface area contributed by atoms with Gasteiger partial charge in [-0.3, -0.25) is 4.79 Å². The van der Waals surface area contributed by atoms with Crippen molar-refractivity contribution in [2.45, 2.75) is 6.42 Å². The molecule has 78 valence electrons. The fourth-order valence-electron chi connectivity index (χ4n) is 1.30. The number of hydrogen-bond donors (Lipinski definition) is 1. The average Bonchev–Trinajstić information content (AvgIpc) is 2.45. The highest BCUT2D eigenvalue weighted by Gasteiger charge is 2.37. The second kappa shape index (κ2) is 4.19. The Bertz CT molecular complexity index is 287. The first-order valence-electron chi connectivity index (χ1n) is 4.17. The minimum Gasteiger partial charge on any atom is -0.464 e. The van der Waals surface area contributed by atoms with Gasteiger partial charge in [0.2, 0.25) is 0 Å². The smallest absolute Gasteiger partial charge is 0.355 e. The van der Waals surface area contributed by atoms with Gasteiger partial charge in [0, 0.05) is 13.7 Å². The predicted molar refractivity (Wildman–Crippen MR) is 47.4 cm³/mol. The van der Waals surface area contributed by atoms with Crippen LogP contribution < -0.4 is 0 Å². The summed E-state index contributed by atoms with van der Waals surface area (Å²) < 4.78 is 4.48. The molecule has 6 heteroatoms. The van der Waals surface area contributed by atoms with E-state index in [2.05, 4.69) is 9.84 Å². The third-order valence-corrected chi connectivity index (χ3v) is 2.02. The van der Waals surface area contributed by atoms with Gasteiger partial charge < -0.3 is 9.84 Å². The number of carbonyl (C=O) groups is 2. The van der Waals surface area contributed by atoms with E-state index in [1.165, 1.54) is 14.2 Å². The van der Waals surface area contributed by atoms with E-state index < -0.39 is 11.9 Å². The largest absolute Gasteiger partial charge is 0.464 e. The number of nitrogens with zero attached hydrogens (tertiary/aromatic N) is 2. The third kappa shape index (κ3) is 1.74. The Kier molecular flexibility index (Phi) is 3.19. The van der Waals surface area contributed by atoms with Crippen molar-refractivity contribution in [1.29, 1.82) is 0 Å². The first-order valence-corrected chi connectivity index (χ1v) is 4.17. The molecule has 0 saturated heterocycles. The molecule has 0 aromatic heterocycles. The molecule has 0 aliphatic carbocycles. The van der Waals surface area contributed by atoms with Gasteiger partial charge in [0.15, 0.2) is 5.71 Å². The van der Waals surface area contributed by atoms with E-state index in [-0.39, 0.29) is 24.6 Å². The van der Waals surface area contributed by atoms with Crippen LogP contribution in [0.4, 0.5) is 0 Å². The lowest BCUT2D eigenvalue weighted by Crippen LogP contribution is -2.29. The van der Waals surface area contributed by atoms with Crippen LogP contribution in [0.2, 0.25) is 0 Å². The molecule has 0 unspecified atom stereocenters. The zero-order valence-corrected chi connectivity index (χ0v) is 8.06. The number of amides is 1. The molecular formula is C8H12N2O4. The van der Waals surface area contributed by atoms with Crippen LogP contribution in [0, 0.1) is 5.92 Å². The van der Waals surface area contributed by atoms with Crippen molar-refractivity contribution in [2.24, 2.45) is 11.0 Å². The number of aliphatic hydroxyl groups excluding tert-OH is 1. The minimum absolute atomic E-state index is 0.0639. The Labute approximate surface area is 81.1 Å². The average molecular weight is 200 g/mol. The molecule has 14 heavy (non-hydrogen) atoms. The summed E-state index contributed by atoms with van der Waals surface area (Å²) in [6, 6.07) is 0. The van der Waals surface area contributed by atoms with Gasteiger partial charge in [-0.2, -0.15) is 5.10 Å². The van der Waals surface area contributed by atoms with Crippen LogP contribution in [-0.2, 0) is 14.3 Å². The molecule has 6 nitrogen and oxygen atoms in total. The van der Waals surface area contributed by atoms with Crippen molar-refractivity contribution in [3.05, 3.63) is 0 Å². The fourth-order valence-corrected chi connectivity index (χ4v) is 1.30. The molecule has 0 aromatic rings. The highest BCUT2D eigenvalue weighted by molar-refractivity contribution is 6.42. The summed E-state index contributed by atoms with van der Waals surface area (Å²) in [4.78, 5) is 22.6. The summed E-state index contributed by atoms with van der Waals surface area (Å²) in [5.74, 6) is -1.59. The Morgan fingerprint density at radius 2 is 2.36 bits per heavy atom.